The molecule has 54 heavy (non-hydrogen) atoms. The number of hydrogen-bond acceptors (Lipinski definition) is 9. The zero-order chi connectivity index (χ0) is 39.6. The molecule has 16 nitrogen and oxygen atoms in total. The van der Waals surface area contributed by atoms with Crippen LogP contribution in [0.5, 0.6) is 11.5 Å². The second kappa shape index (κ2) is 18.8. The first-order valence-corrected chi connectivity index (χ1v) is 20.7. The van der Waals surface area contributed by atoms with Gasteiger partial charge in [-0.05, 0) is 61.4 Å². The first-order valence-electron chi connectivity index (χ1n) is 17.3. The van der Waals surface area contributed by atoms with Gasteiger partial charge in [-0.15, -0.1) is 0 Å². The lowest BCUT2D eigenvalue weighted by atomic mass is 9.73. The maximum absolute atomic E-state index is 13.9. The summed E-state index contributed by atoms with van der Waals surface area (Å²) in [5, 5.41) is 4.78. The number of nitrogens with zero attached hydrogens (tertiary/aromatic N) is 2. The van der Waals surface area contributed by atoms with Crippen LogP contribution in [0.3, 0.4) is 0 Å². The third-order valence-electron chi connectivity index (χ3n) is 8.61. The number of carbonyl (C=O) groups is 4. The van der Waals surface area contributed by atoms with Gasteiger partial charge in [0.15, 0.2) is 5.78 Å². The molecular weight excluding hydrogens is 741 g/mol. The van der Waals surface area contributed by atoms with Gasteiger partial charge in [0.05, 0.1) is 5.94 Å². The normalized spacial score (nSPS) is 13.8. The average molecular weight is 787 g/mol. The first-order chi connectivity index (χ1) is 25.4. The lowest BCUT2D eigenvalue weighted by Crippen LogP contribution is -2.53. The topological polar surface area (TPSA) is 242 Å². The Hall–Kier alpha value is -4.37. The van der Waals surface area contributed by atoms with Crippen molar-refractivity contribution in [3.8, 4) is 11.5 Å². The van der Waals surface area contributed by atoms with Crippen molar-refractivity contribution in [2.45, 2.75) is 70.3 Å². The smallest absolute Gasteiger partial charge is 0.522 e. The molecule has 2 aromatic carbocycles. The number of carbonyl (C=O) groups excluding carboxylic acids is 4. The van der Waals surface area contributed by atoms with E-state index < -0.39 is 45.6 Å². The number of nitrogens with one attached hydrogen (secondary N) is 2. The third kappa shape index (κ3) is 12.3. The van der Waals surface area contributed by atoms with Gasteiger partial charge in [0.25, 0.3) is 0 Å². The van der Waals surface area contributed by atoms with Crippen molar-refractivity contribution in [1.29, 1.82) is 0 Å². The zero-order valence-corrected chi connectivity index (χ0v) is 31.9. The number of unbranched alkanes of at least 4 members (excludes halogenated alkanes) is 1. The molecule has 2 heterocycles. The van der Waals surface area contributed by atoms with E-state index in [9.17, 15) is 47.9 Å². The van der Waals surface area contributed by atoms with Crippen molar-refractivity contribution in [2.24, 2.45) is 11.8 Å². The van der Waals surface area contributed by atoms with Gasteiger partial charge in [-0.3, -0.25) is 33.3 Å². The summed E-state index contributed by atoms with van der Waals surface area (Å²) in [4.78, 5) is 94.4. The maximum Gasteiger partial charge on any atom is 0.618 e. The molecule has 4 rings (SSSR count). The van der Waals surface area contributed by atoms with E-state index in [0.717, 1.165) is 5.56 Å². The number of rotatable bonds is 19. The molecule has 0 spiro atoms. The van der Waals surface area contributed by atoms with Crippen LogP contribution in [0.25, 0.3) is 0 Å². The van der Waals surface area contributed by atoms with E-state index in [1.807, 2.05) is 44.2 Å². The lowest BCUT2D eigenvalue weighted by Gasteiger charge is -2.24. The highest BCUT2D eigenvalue weighted by molar-refractivity contribution is 7.70. The summed E-state index contributed by atoms with van der Waals surface area (Å²) < 4.78 is 35.1. The Bertz CT molecular complexity index is 1850. The molecule has 0 bridgehead atoms. The molecule has 0 saturated heterocycles. The number of benzene rings is 2. The quantitative estimate of drug-likeness (QED) is 0.0439. The van der Waals surface area contributed by atoms with Crippen LogP contribution in [0.15, 0.2) is 72.9 Å². The van der Waals surface area contributed by atoms with Crippen LogP contribution in [0.1, 0.15) is 68.4 Å². The Morgan fingerprint density at radius 3 is 2.13 bits per heavy atom. The summed E-state index contributed by atoms with van der Waals surface area (Å²) in [5.74, 6) is -2.26. The van der Waals surface area contributed by atoms with Crippen LogP contribution in [0, 0.1) is 11.8 Å². The van der Waals surface area contributed by atoms with Gasteiger partial charge in [0.1, 0.15) is 17.2 Å². The second-order valence-corrected chi connectivity index (χ2v) is 17.3. The molecule has 1 aromatic heterocycles. The van der Waals surface area contributed by atoms with Gasteiger partial charge < -0.3 is 44.4 Å². The van der Waals surface area contributed by atoms with E-state index in [0.29, 0.717) is 30.0 Å². The molecule has 2 atom stereocenters. The largest absolute Gasteiger partial charge is 0.618 e. The summed E-state index contributed by atoms with van der Waals surface area (Å²) in [6.07, 6.45) is 2.30. The van der Waals surface area contributed by atoms with Gasteiger partial charge >= 0.3 is 22.3 Å². The minimum Gasteiger partial charge on any atom is -0.522 e. The van der Waals surface area contributed by atoms with Crippen molar-refractivity contribution in [1.82, 2.24) is 15.6 Å². The van der Waals surface area contributed by atoms with Crippen LogP contribution in [0.2, 0.25) is 0 Å². The summed E-state index contributed by atoms with van der Waals surface area (Å²) >= 11 is 0. The number of anilines is 1. The van der Waals surface area contributed by atoms with Crippen LogP contribution in [-0.4, -0.2) is 73.7 Å². The number of pyridine rings is 1. The number of Topliss-reactive ketones (excluding diaryl/α,β-unsaturated/α-hetero) is 1. The number of ketones is 1. The summed E-state index contributed by atoms with van der Waals surface area (Å²) in [7, 11) is -9.98. The summed E-state index contributed by atoms with van der Waals surface area (Å²) in [6, 6.07) is 19.4. The molecule has 1 aliphatic rings. The van der Waals surface area contributed by atoms with E-state index in [2.05, 4.69) is 10.3 Å². The van der Waals surface area contributed by atoms with E-state index in [4.69, 9.17) is 9.31 Å². The molecule has 0 unspecified atom stereocenters. The number of aromatic nitrogens is 1. The van der Waals surface area contributed by atoms with Crippen LogP contribution >= 0.6 is 15.2 Å². The van der Waals surface area contributed by atoms with Crippen LogP contribution in [-0.2, 0) is 29.9 Å². The predicted molar refractivity (Wildman–Crippen MR) is 200 cm³/mol. The molecule has 0 saturated carbocycles. The van der Waals surface area contributed by atoms with Gasteiger partial charge in [-0.2, -0.15) is 0 Å². The monoisotopic (exact) mass is 786 g/mol. The summed E-state index contributed by atoms with van der Waals surface area (Å²) in [6.45, 7) is 4.00. The third-order valence-corrected chi connectivity index (χ3v) is 11.9. The highest BCUT2D eigenvalue weighted by Crippen LogP contribution is 2.58. The highest BCUT2D eigenvalue weighted by Gasteiger charge is 2.45. The first kappa shape index (κ1) is 42.4. The molecule has 19 heteroatoms. The summed E-state index contributed by atoms with van der Waals surface area (Å²) in [5.41, 5.74) is -0.981. The molecule has 6 N–H and O–H groups in total. The number of fused-ring (bicyclic) bond motifs is 1. The highest BCUT2D eigenvalue weighted by atomic mass is 31.2. The zero-order valence-electron chi connectivity index (χ0n) is 30.1. The molecular formula is C35H45BN4O12P2. The second-order valence-electron chi connectivity index (χ2n) is 13.5. The fourth-order valence-corrected chi connectivity index (χ4v) is 8.04. The van der Waals surface area contributed by atoms with E-state index in [-0.39, 0.29) is 61.3 Å². The Morgan fingerprint density at radius 1 is 0.852 bits per heavy atom. The SMILES string of the molecule is CC(C)C[C@@H](NC(=O)[C@H](CC(=O)c1ccccn1)Cc1ccccc1)B1Oc2ccc(N(C)C(=O)CCCCC(=O)NC(P(=O)(O)O)P(=O)(O)O)cc2O1. The van der Waals surface area contributed by atoms with Crippen molar-refractivity contribution < 1.29 is 57.2 Å². The average Bonchev–Trinajstić information content (AvgIpc) is 3.55. The number of hydrogen-bond donors (Lipinski definition) is 6. The lowest BCUT2D eigenvalue weighted by molar-refractivity contribution is -0.125. The van der Waals surface area contributed by atoms with Gasteiger partial charge in [-0.25, -0.2) is 0 Å². The van der Waals surface area contributed by atoms with Crippen molar-refractivity contribution in [2.75, 3.05) is 11.9 Å². The molecule has 3 aromatic rings. The molecule has 0 radical (unpaired) electrons. The minimum atomic E-state index is -5.32. The Labute approximate surface area is 313 Å². The minimum absolute atomic E-state index is 0.00323. The van der Waals surface area contributed by atoms with Crippen molar-refractivity contribution in [3.63, 3.8) is 0 Å². The van der Waals surface area contributed by atoms with Crippen LogP contribution in [0.4, 0.5) is 5.69 Å². The van der Waals surface area contributed by atoms with Gasteiger partial charge in [0.2, 0.25) is 23.2 Å². The predicted octanol–water partition coefficient (Wildman–Crippen LogP) is 3.82. The van der Waals surface area contributed by atoms with E-state index in [1.54, 1.807) is 48.8 Å². The van der Waals surface area contributed by atoms with Crippen molar-refractivity contribution in [3.05, 3.63) is 84.2 Å². The van der Waals surface area contributed by atoms with E-state index >= 15 is 0 Å². The fourth-order valence-electron chi connectivity index (χ4n) is 5.85. The Balaban J connectivity index is 1.37. The standard InChI is InChI=1S/C35H45BN4O12P2/c1-23(2)19-31(38-34(44)25(20-24-11-5-4-6-12-24)21-28(41)27-13-9-10-18-37-27)36-51-29-17-16-26(22-30(29)52-36)40(3)33(43)15-8-7-14-32(42)39-35(53(45,46)47)54(48,49)50/h4-6,9-13,16-18,22-23,25,31,35H,7-8,14-15,19-21H2,1-3H3,(H,38,44)(H,39,42)(H2,45,46,47)(H2,48,49,50)/t25-,31+/m0/s1. The molecule has 290 valence electrons. The molecule has 3 amide bonds. The molecule has 0 fully saturated rings. The van der Waals surface area contributed by atoms with Crippen molar-refractivity contribution >= 4 is 51.5 Å². The number of amides is 3. The molecule has 0 aliphatic carbocycles. The fraction of sp³-hybridized carbons (Fsp3) is 0.400. The van der Waals surface area contributed by atoms with E-state index in [1.165, 1.54) is 11.1 Å². The van der Waals surface area contributed by atoms with Gasteiger partial charge in [0, 0.05) is 50.2 Å². The van der Waals surface area contributed by atoms with Crippen LogP contribution < -0.4 is 24.8 Å². The Kier molecular flexibility index (Phi) is 14.7. The van der Waals surface area contributed by atoms with Gasteiger partial charge in [-0.1, -0.05) is 50.2 Å². The maximum atomic E-state index is 13.9. The molecule has 1 aliphatic heterocycles. The Morgan fingerprint density at radius 2 is 1.50 bits per heavy atom.